The van der Waals surface area contributed by atoms with Gasteiger partial charge in [-0.2, -0.15) is 0 Å². The van der Waals surface area contributed by atoms with Crippen LogP contribution in [0.4, 0.5) is 0 Å². The molecule has 152 valence electrons. The number of aryl methyl sites for hydroxylation is 1. The maximum absolute atomic E-state index is 12.9. The number of rotatable bonds is 8. The van der Waals surface area contributed by atoms with Crippen molar-refractivity contribution in [1.82, 2.24) is 14.4 Å². The van der Waals surface area contributed by atoms with Gasteiger partial charge in [0.2, 0.25) is 0 Å². The number of methoxy groups -OCH3 is 1. The van der Waals surface area contributed by atoms with Crippen LogP contribution in [0.5, 0.6) is 5.75 Å². The van der Waals surface area contributed by atoms with Crippen molar-refractivity contribution in [3.63, 3.8) is 0 Å². The van der Waals surface area contributed by atoms with Gasteiger partial charge in [0.1, 0.15) is 11.4 Å². The SMILES string of the molecule is CCN(CC1CCCN(CCc2cccc(OC)c2)C1)C(=O)c1cccn1C. The second-order valence-corrected chi connectivity index (χ2v) is 7.76. The van der Waals surface area contributed by atoms with Crippen molar-refractivity contribution in [1.29, 1.82) is 0 Å². The highest BCUT2D eigenvalue weighted by molar-refractivity contribution is 5.92. The molecule has 2 aromatic rings. The lowest BCUT2D eigenvalue weighted by atomic mass is 9.96. The molecule has 1 unspecified atom stereocenters. The molecular weight excluding hydrogens is 350 g/mol. The van der Waals surface area contributed by atoms with Gasteiger partial charge in [-0.25, -0.2) is 0 Å². The van der Waals surface area contributed by atoms with E-state index < -0.39 is 0 Å². The highest BCUT2D eigenvalue weighted by atomic mass is 16.5. The molecule has 0 saturated carbocycles. The average Bonchev–Trinajstić information content (AvgIpc) is 3.16. The third kappa shape index (κ3) is 5.16. The number of aromatic nitrogens is 1. The Morgan fingerprint density at radius 2 is 2.14 bits per heavy atom. The van der Waals surface area contributed by atoms with E-state index in [1.165, 1.54) is 18.4 Å². The molecule has 0 N–H and O–H groups in total. The molecule has 1 aromatic heterocycles. The van der Waals surface area contributed by atoms with Crippen LogP contribution in [0.3, 0.4) is 0 Å². The minimum absolute atomic E-state index is 0.142. The van der Waals surface area contributed by atoms with E-state index in [9.17, 15) is 4.79 Å². The van der Waals surface area contributed by atoms with Crippen LogP contribution < -0.4 is 4.74 Å². The zero-order valence-electron chi connectivity index (χ0n) is 17.4. The van der Waals surface area contributed by atoms with Gasteiger partial charge < -0.3 is 19.1 Å². The van der Waals surface area contributed by atoms with Crippen LogP contribution in [0.2, 0.25) is 0 Å². The molecule has 0 spiro atoms. The average molecular weight is 384 g/mol. The number of piperidine rings is 1. The molecule has 0 bridgehead atoms. The van der Waals surface area contributed by atoms with Gasteiger partial charge >= 0.3 is 0 Å². The third-order valence-electron chi connectivity index (χ3n) is 5.76. The molecule has 1 atom stereocenters. The van der Waals surface area contributed by atoms with Crippen LogP contribution >= 0.6 is 0 Å². The van der Waals surface area contributed by atoms with Gasteiger partial charge in [-0.15, -0.1) is 0 Å². The first kappa shape index (κ1) is 20.5. The smallest absolute Gasteiger partial charge is 0.270 e. The summed E-state index contributed by atoms with van der Waals surface area (Å²) in [5.41, 5.74) is 2.09. The second-order valence-electron chi connectivity index (χ2n) is 7.76. The van der Waals surface area contributed by atoms with Crippen LogP contribution in [0.1, 0.15) is 35.8 Å². The molecule has 28 heavy (non-hydrogen) atoms. The van der Waals surface area contributed by atoms with Crippen molar-refractivity contribution in [2.45, 2.75) is 26.2 Å². The fourth-order valence-electron chi connectivity index (χ4n) is 4.13. The third-order valence-corrected chi connectivity index (χ3v) is 5.76. The van der Waals surface area contributed by atoms with Crippen LogP contribution in [-0.2, 0) is 13.5 Å². The maximum atomic E-state index is 12.9. The zero-order chi connectivity index (χ0) is 19.9. The van der Waals surface area contributed by atoms with Gasteiger partial charge in [-0.3, -0.25) is 4.79 Å². The van der Waals surface area contributed by atoms with E-state index in [4.69, 9.17) is 4.74 Å². The highest BCUT2D eigenvalue weighted by Gasteiger charge is 2.25. The summed E-state index contributed by atoms with van der Waals surface area (Å²) in [6, 6.07) is 12.2. The first-order valence-corrected chi connectivity index (χ1v) is 10.4. The Bertz CT molecular complexity index is 771. The van der Waals surface area contributed by atoms with E-state index in [-0.39, 0.29) is 5.91 Å². The lowest BCUT2D eigenvalue weighted by molar-refractivity contribution is 0.0681. The summed E-state index contributed by atoms with van der Waals surface area (Å²) in [4.78, 5) is 17.4. The maximum Gasteiger partial charge on any atom is 0.270 e. The summed E-state index contributed by atoms with van der Waals surface area (Å²) in [6.45, 7) is 6.95. The monoisotopic (exact) mass is 383 g/mol. The number of carbonyl (C=O) groups excluding carboxylic acids is 1. The van der Waals surface area contributed by atoms with Crippen molar-refractivity contribution in [3.8, 4) is 5.75 Å². The molecule has 1 saturated heterocycles. The Kier molecular flexibility index (Phi) is 7.15. The minimum Gasteiger partial charge on any atom is -0.497 e. The van der Waals surface area contributed by atoms with E-state index in [2.05, 4.69) is 30.0 Å². The van der Waals surface area contributed by atoms with Gasteiger partial charge in [0, 0.05) is 39.4 Å². The molecule has 2 heterocycles. The molecular formula is C23H33N3O2. The number of nitrogens with zero attached hydrogens (tertiary/aromatic N) is 3. The number of carbonyl (C=O) groups is 1. The van der Waals surface area contributed by atoms with Crippen LogP contribution in [-0.4, -0.2) is 60.1 Å². The van der Waals surface area contributed by atoms with Crippen LogP contribution in [0.15, 0.2) is 42.6 Å². The zero-order valence-corrected chi connectivity index (χ0v) is 17.4. The molecule has 1 aliphatic heterocycles. The second kappa shape index (κ2) is 9.78. The number of hydrogen-bond acceptors (Lipinski definition) is 3. The number of ether oxygens (including phenoxy) is 1. The van der Waals surface area contributed by atoms with Gasteiger partial charge in [-0.05, 0) is 68.5 Å². The normalized spacial score (nSPS) is 17.5. The topological polar surface area (TPSA) is 37.7 Å². The lowest BCUT2D eigenvalue weighted by Gasteiger charge is -2.35. The molecule has 0 aliphatic carbocycles. The predicted octanol–water partition coefficient (Wildman–Crippen LogP) is 3.45. The summed E-state index contributed by atoms with van der Waals surface area (Å²) in [6.07, 6.45) is 5.37. The largest absolute Gasteiger partial charge is 0.497 e. The molecule has 3 rings (SSSR count). The number of benzene rings is 1. The fraction of sp³-hybridized carbons (Fsp3) is 0.522. The van der Waals surface area contributed by atoms with E-state index in [1.54, 1.807) is 7.11 Å². The Hall–Kier alpha value is -2.27. The lowest BCUT2D eigenvalue weighted by Crippen LogP contribution is -2.43. The summed E-state index contributed by atoms with van der Waals surface area (Å²) in [5.74, 6) is 1.61. The Morgan fingerprint density at radius 3 is 2.86 bits per heavy atom. The molecule has 1 aliphatic rings. The van der Waals surface area contributed by atoms with Crippen LogP contribution in [0, 0.1) is 5.92 Å². The summed E-state index contributed by atoms with van der Waals surface area (Å²) in [5, 5.41) is 0. The van der Waals surface area contributed by atoms with Gasteiger partial charge in [0.05, 0.1) is 7.11 Å². The standard InChI is InChI=1S/C23H33N3O2/c1-4-26(23(27)22-11-7-13-24(22)2)18-20-9-6-14-25(17-20)15-12-19-8-5-10-21(16-19)28-3/h5,7-8,10-11,13,16,20H,4,6,9,12,14-15,17-18H2,1-3H3. The molecule has 1 aromatic carbocycles. The number of amides is 1. The van der Waals surface area contributed by atoms with E-state index in [0.29, 0.717) is 5.92 Å². The van der Waals surface area contributed by atoms with E-state index in [0.717, 1.165) is 50.6 Å². The number of hydrogen-bond donors (Lipinski definition) is 0. The summed E-state index contributed by atoms with van der Waals surface area (Å²) >= 11 is 0. The molecule has 5 nitrogen and oxygen atoms in total. The molecule has 5 heteroatoms. The van der Waals surface area contributed by atoms with E-state index in [1.807, 2.05) is 40.9 Å². The van der Waals surface area contributed by atoms with Gasteiger partial charge in [0.15, 0.2) is 0 Å². The van der Waals surface area contributed by atoms with Crippen LogP contribution in [0.25, 0.3) is 0 Å². The Morgan fingerprint density at radius 1 is 1.29 bits per heavy atom. The van der Waals surface area contributed by atoms with Crippen molar-refractivity contribution in [3.05, 3.63) is 53.9 Å². The number of likely N-dealkylation sites (tertiary alicyclic amines) is 1. The van der Waals surface area contributed by atoms with E-state index >= 15 is 0 Å². The van der Waals surface area contributed by atoms with Crippen molar-refractivity contribution in [2.24, 2.45) is 13.0 Å². The minimum atomic E-state index is 0.142. The first-order valence-electron chi connectivity index (χ1n) is 10.4. The summed E-state index contributed by atoms with van der Waals surface area (Å²) < 4.78 is 7.24. The van der Waals surface area contributed by atoms with Crippen molar-refractivity contribution < 1.29 is 9.53 Å². The molecule has 1 fully saturated rings. The highest BCUT2D eigenvalue weighted by Crippen LogP contribution is 2.20. The van der Waals surface area contributed by atoms with Gasteiger partial charge in [0.25, 0.3) is 5.91 Å². The Balaban J connectivity index is 1.53. The molecule has 0 radical (unpaired) electrons. The predicted molar refractivity (Wildman–Crippen MR) is 113 cm³/mol. The quantitative estimate of drug-likeness (QED) is 0.701. The van der Waals surface area contributed by atoms with Crippen molar-refractivity contribution >= 4 is 5.91 Å². The Labute approximate surface area is 168 Å². The van der Waals surface area contributed by atoms with Gasteiger partial charge in [-0.1, -0.05) is 12.1 Å². The van der Waals surface area contributed by atoms with Crippen molar-refractivity contribution in [2.75, 3.05) is 39.8 Å². The summed E-state index contributed by atoms with van der Waals surface area (Å²) in [7, 11) is 3.65. The first-order chi connectivity index (χ1) is 13.6. The fourth-order valence-corrected chi connectivity index (χ4v) is 4.13. The molecule has 1 amide bonds.